The molecular formula is C9H16O5. The van der Waals surface area contributed by atoms with Gasteiger partial charge in [-0.25, -0.2) is 0 Å². The Kier molecular flexibility index (Phi) is 6.31. The average molecular weight is 204 g/mol. The van der Waals surface area contributed by atoms with Gasteiger partial charge in [-0.3, -0.25) is 4.79 Å². The molecule has 14 heavy (non-hydrogen) atoms. The summed E-state index contributed by atoms with van der Waals surface area (Å²) in [6.45, 7) is 4.62. The Labute approximate surface area is 82.9 Å². The summed E-state index contributed by atoms with van der Waals surface area (Å²) >= 11 is 0. The molecule has 0 aliphatic rings. The van der Waals surface area contributed by atoms with Crippen molar-refractivity contribution in [2.45, 2.75) is 12.7 Å². The maximum Gasteiger partial charge on any atom is 0.254 e. The monoisotopic (exact) mass is 204 g/mol. The van der Waals surface area contributed by atoms with Crippen molar-refractivity contribution in [1.29, 1.82) is 0 Å². The maximum atomic E-state index is 11.2. The normalized spacial score (nSPS) is 14.8. The SMILES string of the molecule is C=CC(=O)C(O)(COCCO)OCC. The first-order valence-corrected chi connectivity index (χ1v) is 4.32. The van der Waals surface area contributed by atoms with Crippen LogP contribution in [0.1, 0.15) is 6.92 Å². The first-order chi connectivity index (χ1) is 6.60. The van der Waals surface area contributed by atoms with Crippen molar-refractivity contribution >= 4 is 5.78 Å². The minimum Gasteiger partial charge on any atom is -0.394 e. The molecule has 0 aliphatic heterocycles. The average Bonchev–Trinajstić information content (AvgIpc) is 2.17. The number of ether oxygens (including phenoxy) is 2. The van der Waals surface area contributed by atoms with Crippen LogP contribution in [0.5, 0.6) is 0 Å². The highest BCUT2D eigenvalue weighted by Gasteiger charge is 2.34. The fourth-order valence-electron chi connectivity index (χ4n) is 0.857. The molecule has 5 heteroatoms. The summed E-state index contributed by atoms with van der Waals surface area (Å²) in [6.07, 6.45) is 0.970. The molecule has 2 N–H and O–H groups in total. The summed E-state index contributed by atoms with van der Waals surface area (Å²) in [5, 5.41) is 18.1. The Bertz CT molecular complexity index is 192. The molecule has 0 aliphatic carbocycles. The lowest BCUT2D eigenvalue weighted by molar-refractivity contribution is -0.220. The van der Waals surface area contributed by atoms with E-state index >= 15 is 0 Å². The third-order valence-electron chi connectivity index (χ3n) is 1.49. The van der Waals surface area contributed by atoms with Crippen molar-refractivity contribution in [3.63, 3.8) is 0 Å². The maximum absolute atomic E-state index is 11.2. The summed E-state index contributed by atoms with van der Waals surface area (Å²) in [4.78, 5) is 11.2. The molecule has 0 rings (SSSR count). The van der Waals surface area contributed by atoms with Gasteiger partial charge in [0.2, 0.25) is 5.78 Å². The van der Waals surface area contributed by atoms with E-state index in [0.717, 1.165) is 6.08 Å². The number of rotatable bonds is 8. The molecule has 0 heterocycles. The fourth-order valence-corrected chi connectivity index (χ4v) is 0.857. The molecule has 0 saturated carbocycles. The lowest BCUT2D eigenvalue weighted by atomic mass is 10.2. The zero-order valence-corrected chi connectivity index (χ0v) is 8.23. The van der Waals surface area contributed by atoms with Gasteiger partial charge in [0.05, 0.1) is 13.2 Å². The van der Waals surface area contributed by atoms with Gasteiger partial charge in [0, 0.05) is 6.61 Å². The molecule has 1 atom stereocenters. The highest BCUT2D eigenvalue weighted by atomic mass is 16.7. The third-order valence-corrected chi connectivity index (χ3v) is 1.49. The number of aliphatic hydroxyl groups excluding tert-OH is 1. The molecule has 82 valence electrons. The second-order valence-corrected chi connectivity index (χ2v) is 2.56. The van der Waals surface area contributed by atoms with Crippen LogP contribution in [-0.4, -0.2) is 48.2 Å². The van der Waals surface area contributed by atoms with Crippen molar-refractivity contribution in [3.8, 4) is 0 Å². The molecule has 1 unspecified atom stereocenters. The fraction of sp³-hybridized carbons (Fsp3) is 0.667. The van der Waals surface area contributed by atoms with Crippen LogP contribution in [0.25, 0.3) is 0 Å². The minimum atomic E-state index is -1.98. The summed E-state index contributed by atoms with van der Waals surface area (Å²) in [6, 6.07) is 0. The van der Waals surface area contributed by atoms with Gasteiger partial charge in [0.25, 0.3) is 5.79 Å². The first-order valence-electron chi connectivity index (χ1n) is 4.32. The minimum absolute atomic E-state index is 0.0415. The van der Waals surface area contributed by atoms with Gasteiger partial charge in [-0.2, -0.15) is 0 Å². The smallest absolute Gasteiger partial charge is 0.254 e. The van der Waals surface area contributed by atoms with E-state index in [-0.39, 0.29) is 26.4 Å². The second kappa shape index (κ2) is 6.67. The standard InChI is InChI=1S/C9H16O5/c1-3-8(11)9(12,14-4-2)7-13-6-5-10/h3,10,12H,1,4-7H2,2H3. The van der Waals surface area contributed by atoms with E-state index in [0.29, 0.717) is 0 Å². The summed E-state index contributed by atoms with van der Waals surface area (Å²) < 4.78 is 9.69. The first kappa shape index (κ1) is 13.2. The Hall–Kier alpha value is -0.750. The lowest BCUT2D eigenvalue weighted by Gasteiger charge is -2.24. The topological polar surface area (TPSA) is 76.0 Å². The molecule has 0 amide bonds. The van der Waals surface area contributed by atoms with E-state index in [2.05, 4.69) is 6.58 Å². The van der Waals surface area contributed by atoms with Crippen LogP contribution in [0.15, 0.2) is 12.7 Å². The van der Waals surface area contributed by atoms with E-state index in [1.54, 1.807) is 6.92 Å². The van der Waals surface area contributed by atoms with Crippen molar-refractivity contribution in [2.24, 2.45) is 0 Å². The van der Waals surface area contributed by atoms with Gasteiger partial charge in [0.1, 0.15) is 6.61 Å². The van der Waals surface area contributed by atoms with Crippen molar-refractivity contribution in [1.82, 2.24) is 0 Å². The van der Waals surface area contributed by atoms with Crippen molar-refractivity contribution in [3.05, 3.63) is 12.7 Å². The Morgan fingerprint density at radius 3 is 2.71 bits per heavy atom. The predicted octanol–water partition coefficient (Wildman–Crippen LogP) is -0.525. The highest BCUT2D eigenvalue weighted by Crippen LogP contribution is 2.10. The Balaban J connectivity index is 4.23. The molecule has 0 saturated heterocycles. The van der Waals surface area contributed by atoms with Crippen LogP contribution in [-0.2, 0) is 14.3 Å². The zero-order chi connectivity index (χ0) is 11.0. The van der Waals surface area contributed by atoms with E-state index in [1.807, 2.05) is 0 Å². The number of ketones is 1. The lowest BCUT2D eigenvalue weighted by Crippen LogP contribution is -2.45. The third kappa shape index (κ3) is 3.97. The van der Waals surface area contributed by atoms with Gasteiger partial charge in [-0.15, -0.1) is 0 Å². The largest absolute Gasteiger partial charge is 0.394 e. The molecular weight excluding hydrogens is 188 g/mol. The highest BCUT2D eigenvalue weighted by molar-refractivity contribution is 5.95. The zero-order valence-electron chi connectivity index (χ0n) is 8.23. The van der Waals surface area contributed by atoms with Crippen LogP contribution in [0.2, 0.25) is 0 Å². The van der Waals surface area contributed by atoms with Crippen molar-refractivity contribution in [2.75, 3.05) is 26.4 Å². The van der Waals surface area contributed by atoms with Crippen LogP contribution in [0.4, 0.5) is 0 Å². The molecule has 0 aromatic rings. The van der Waals surface area contributed by atoms with E-state index in [9.17, 15) is 9.90 Å². The van der Waals surface area contributed by atoms with E-state index in [4.69, 9.17) is 14.6 Å². The molecule has 0 aromatic carbocycles. The molecule has 0 aromatic heterocycles. The van der Waals surface area contributed by atoms with Crippen LogP contribution in [0, 0.1) is 0 Å². The summed E-state index contributed by atoms with van der Waals surface area (Å²) in [5.74, 6) is -2.64. The van der Waals surface area contributed by atoms with Crippen LogP contribution in [0.3, 0.4) is 0 Å². The number of hydrogen-bond donors (Lipinski definition) is 2. The number of carbonyl (C=O) groups is 1. The van der Waals surface area contributed by atoms with Gasteiger partial charge in [0.15, 0.2) is 0 Å². The van der Waals surface area contributed by atoms with Crippen LogP contribution >= 0.6 is 0 Å². The van der Waals surface area contributed by atoms with Crippen LogP contribution < -0.4 is 0 Å². The van der Waals surface area contributed by atoms with Gasteiger partial charge >= 0.3 is 0 Å². The molecule has 0 spiro atoms. The number of carbonyl (C=O) groups excluding carboxylic acids is 1. The number of aliphatic hydroxyl groups is 2. The number of hydrogen-bond acceptors (Lipinski definition) is 5. The summed E-state index contributed by atoms with van der Waals surface area (Å²) in [7, 11) is 0. The quantitative estimate of drug-likeness (QED) is 0.316. The Morgan fingerprint density at radius 2 is 2.29 bits per heavy atom. The molecule has 0 bridgehead atoms. The summed E-state index contributed by atoms with van der Waals surface area (Å²) in [5.41, 5.74) is 0. The van der Waals surface area contributed by atoms with Crippen molar-refractivity contribution < 1.29 is 24.5 Å². The second-order valence-electron chi connectivity index (χ2n) is 2.56. The molecule has 0 fully saturated rings. The predicted molar refractivity (Wildman–Crippen MR) is 49.7 cm³/mol. The van der Waals surface area contributed by atoms with Gasteiger partial charge < -0.3 is 19.7 Å². The van der Waals surface area contributed by atoms with Gasteiger partial charge in [-0.05, 0) is 13.0 Å². The Morgan fingerprint density at radius 1 is 1.64 bits per heavy atom. The van der Waals surface area contributed by atoms with E-state index < -0.39 is 11.6 Å². The van der Waals surface area contributed by atoms with E-state index in [1.165, 1.54) is 0 Å². The van der Waals surface area contributed by atoms with Gasteiger partial charge in [-0.1, -0.05) is 6.58 Å². The molecule has 0 radical (unpaired) electrons. The molecule has 5 nitrogen and oxygen atoms in total.